The second-order valence-electron chi connectivity index (χ2n) is 10.6. The van der Waals surface area contributed by atoms with Crippen molar-refractivity contribution in [2.75, 3.05) is 11.9 Å². The summed E-state index contributed by atoms with van der Waals surface area (Å²) in [5.41, 5.74) is 8.56. The van der Waals surface area contributed by atoms with Crippen LogP contribution in [0.4, 0.5) is 10.8 Å². The van der Waals surface area contributed by atoms with Crippen molar-refractivity contribution in [3.8, 4) is 28.5 Å². The Morgan fingerprint density at radius 1 is 0.750 bits per heavy atom. The summed E-state index contributed by atoms with van der Waals surface area (Å²) < 4.78 is 18.0. The van der Waals surface area contributed by atoms with Gasteiger partial charge in [0.2, 0.25) is 0 Å². The monoisotopic (exact) mass is 654 g/mol. The molecule has 0 fully saturated rings. The second kappa shape index (κ2) is 16.1. The van der Waals surface area contributed by atoms with Gasteiger partial charge < -0.3 is 19.5 Å². The first kappa shape index (κ1) is 32.0. The molecular weight excluding hydrogens is 621 g/mol. The Bertz CT molecular complexity index is 1960. The van der Waals surface area contributed by atoms with Crippen LogP contribution in [0.5, 0.6) is 17.2 Å². The number of nitrogens with zero attached hydrogens (tertiary/aromatic N) is 2. The highest BCUT2D eigenvalue weighted by molar-refractivity contribution is 7.14. The van der Waals surface area contributed by atoms with E-state index in [2.05, 4.69) is 20.8 Å². The lowest BCUT2D eigenvalue weighted by atomic mass is 10.1. The fourth-order valence-electron chi connectivity index (χ4n) is 4.77. The maximum Gasteiger partial charge on any atom is 0.271 e. The average Bonchev–Trinajstić information content (AvgIpc) is 3.60. The third kappa shape index (κ3) is 8.65. The molecule has 0 saturated heterocycles. The number of ether oxygens (including phenoxy) is 3. The second-order valence-corrected chi connectivity index (χ2v) is 11.5. The zero-order chi connectivity index (χ0) is 33.0. The van der Waals surface area contributed by atoms with Gasteiger partial charge in [-0.3, -0.25) is 4.79 Å². The van der Waals surface area contributed by atoms with Crippen molar-refractivity contribution in [2.45, 2.75) is 20.1 Å². The van der Waals surface area contributed by atoms with Gasteiger partial charge in [-0.15, -0.1) is 11.3 Å². The number of nitrogens with one attached hydrogen (secondary N) is 2. The molecule has 1 aromatic heterocycles. The summed E-state index contributed by atoms with van der Waals surface area (Å²) in [6, 6.07) is 40.5. The van der Waals surface area contributed by atoms with Crippen LogP contribution in [0.2, 0.25) is 0 Å². The molecule has 0 saturated carbocycles. The van der Waals surface area contributed by atoms with Crippen LogP contribution in [-0.2, 0) is 13.2 Å². The van der Waals surface area contributed by atoms with Crippen LogP contribution < -0.4 is 25.0 Å². The summed E-state index contributed by atoms with van der Waals surface area (Å²) in [5.74, 6) is 1.65. The van der Waals surface area contributed by atoms with E-state index >= 15 is 0 Å². The first-order valence-corrected chi connectivity index (χ1v) is 16.4. The third-order valence-electron chi connectivity index (χ3n) is 7.20. The van der Waals surface area contributed by atoms with Crippen molar-refractivity contribution in [3.63, 3.8) is 0 Å². The molecule has 0 atom stereocenters. The van der Waals surface area contributed by atoms with Crippen molar-refractivity contribution in [1.82, 2.24) is 10.4 Å². The highest BCUT2D eigenvalue weighted by Crippen LogP contribution is 2.30. The van der Waals surface area contributed by atoms with Gasteiger partial charge >= 0.3 is 0 Å². The molecule has 6 rings (SSSR count). The average molecular weight is 655 g/mol. The highest BCUT2D eigenvalue weighted by atomic mass is 32.1. The molecule has 0 aliphatic heterocycles. The van der Waals surface area contributed by atoms with Crippen LogP contribution in [0.3, 0.4) is 0 Å². The fourth-order valence-corrected chi connectivity index (χ4v) is 5.51. The van der Waals surface area contributed by atoms with Gasteiger partial charge in [0.15, 0.2) is 16.6 Å². The molecule has 0 radical (unpaired) electrons. The Morgan fingerprint density at radius 2 is 1.46 bits per heavy atom. The number of amides is 1. The molecule has 8 nitrogen and oxygen atoms in total. The van der Waals surface area contributed by atoms with Crippen molar-refractivity contribution in [2.24, 2.45) is 5.10 Å². The van der Waals surface area contributed by atoms with E-state index in [1.165, 1.54) is 11.3 Å². The quantitative estimate of drug-likeness (QED) is 0.0900. The third-order valence-corrected chi connectivity index (χ3v) is 7.96. The summed E-state index contributed by atoms with van der Waals surface area (Å²) in [4.78, 5) is 17.5. The predicted molar refractivity (Wildman–Crippen MR) is 191 cm³/mol. The van der Waals surface area contributed by atoms with Crippen LogP contribution in [0.25, 0.3) is 11.3 Å². The maximum atomic E-state index is 12.8. The molecule has 0 spiro atoms. The van der Waals surface area contributed by atoms with E-state index in [9.17, 15) is 4.79 Å². The molecule has 240 valence electrons. The van der Waals surface area contributed by atoms with Gasteiger partial charge in [0.1, 0.15) is 19.0 Å². The summed E-state index contributed by atoms with van der Waals surface area (Å²) >= 11 is 1.52. The van der Waals surface area contributed by atoms with E-state index in [1.807, 2.05) is 128 Å². The minimum Gasteiger partial charge on any atom is -0.490 e. The number of hydrogen-bond donors (Lipinski definition) is 2. The number of hydrazone groups is 1. The van der Waals surface area contributed by atoms with Crippen molar-refractivity contribution < 1.29 is 19.0 Å². The Hall–Kier alpha value is -5.93. The molecule has 6 aromatic rings. The SMILES string of the molecule is CCOc1cc(COc2ccccc2/C=N/NC(=O)c2ccc(-c3csc(Nc4ccccc4)n3)cc2)ccc1OCc1ccccc1. The van der Waals surface area contributed by atoms with Crippen molar-refractivity contribution in [3.05, 3.63) is 155 Å². The lowest BCUT2D eigenvalue weighted by Crippen LogP contribution is -2.17. The summed E-state index contributed by atoms with van der Waals surface area (Å²) in [5, 5.41) is 10.3. The standard InChI is InChI=1S/C39H34N4O4S/c1-2-45-37-23-29(17-22-36(37)47-25-28-11-5-3-6-12-28)26-46-35-16-10-9-13-32(35)24-40-43-38(44)31-20-18-30(19-21-31)34-27-48-39(42-34)41-33-14-7-4-8-15-33/h3-24,27H,2,25-26H2,1H3,(H,41,42)(H,43,44)/b40-24+. The zero-order valence-electron chi connectivity index (χ0n) is 26.3. The lowest BCUT2D eigenvalue weighted by Gasteiger charge is -2.14. The molecule has 2 N–H and O–H groups in total. The van der Waals surface area contributed by atoms with Crippen LogP contribution in [0.15, 0.2) is 138 Å². The molecule has 0 aliphatic carbocycles. The molecule has 9 heteroatoms. The molecule has 0 bridgehead atoms. The zero-order valence-corrected chi connectivity index (χ0v) is 27.2. The fraction of sp³-hybridized carbons (Fsp3) is 0.103. The number of para-hydroxylation sites is 2. The van der Waals surface area contributed by atoms with E-state index in [-0.39, 0.29) is 5.91 Å². The predicted octanol–water partition coefficient (Wildman–Crippen LogP) is 8.87. The van der Waals surface area contributed by atoms with Crippen molar-refractivity contribution in [1.29, 1.82) is 0 Å². The van der Waals surface area contributed by atoms with Gasteiger partial charge in [-0.1, -0.05) is 78.9 Å². The molecule has 0 unspecified atom stereocenters. The number of carbonyl (C=O) groups is 1. The number of anilines is 2. The van der Waals surface area contributed by atoms with Gasteiger partial charge in [0.25, 0.3) is 5.91 Å². The number of aromatic nitrogens is 1. The number of benzene rings is 5. The first-order chi connectivity index (χ1) is 23.6. The van der Waals surface area contributed by atoms with E-state index in [1.54, 1.807) is 18.3 Å². The molecular formula is C39H34N4O4S. The Labute approximate surface area is 283 Å². The first-order valence-electron chi connectivity index (χ1n) is 15.5. The Kier molecular flexibility index (Phi) is 10.7. The number of rotatable bonds is 14. The molecule has 0 aliphatic rings. The molecule has 5 aromatic carbocycles. The molecule has 1 heterocycles. The van der Waals surface area contributed by atoms with Crippen LogP contribution >= 0.6 is 11.3 Å². The summed E-state index contributed by atoms with van der Waals surface area (Å²) in [6.07, 6.45) is 1.57. The topological polar surface area (TPSA) is 94.1 Å². The summed E-state index contributed by atoms with van der Waals surface area (Å²) in [7, 11) is 0. The Morgan fingerprint density at radius 3 is 2.25 bits per heavy atom. The highest BCUT2D eigenvalue weighted by Gasteiger charge is 2.11. The van der Waals surface area contributed by atoms with E-state index in [0.717, 1.165) is 38.8 Å². The van der Waals surface area contributed by atoms with E-state index in [0.29, 0.717) is 42.6 Å². The number of thiazole rings is 1. The normalized spacial score (nSPS) is 10.9. The van der Waals surface area contributed by atoms with Crippen LogP contribution in [-0.4, -0.2) is 23.7 Å². The lowest BCUT2D eigenvalue weighted by molar-refractivity contribution is 0.0955. The minimum atomic E-state index is -0.320. The van der Waals surface area contributed by atoms with Gasteiger partial charge in [-0.2, -0.15) is 5.10 Å². The largest absolute Gasteiger partial charge is 0.490 e. The van der Waals surface area contributed by atoms with Crippen LogP contribution in [0, 0.1) is 0 Å². The number of carbonyl (C=O) groups excluding carboxylic acids is 1. The summed E-state index contributed by atoms with van der Waals surface area (Å²) in [6.45, 7) is 3.22. The Balaban J connectivity index is 1.03. The maximum absolute atomic E-state index is 12.8. The van der Waals surface area contributed by atoms with E-state index < -0.39 is 0 Å². The molecule has 48 heavy (non-hydrogen) atoms. The van der Waals surface area contributed by atoms with E-state index in [4.69, 9.17) is 14.2 Å². The van der Waals surface area contributed by atoms with Crippen LogP contribution in [0.1, 0.15) is 34.0 Å². The smallest absolute Gasteiger partial charge is 0.271 e. The van der Waals surface area contributed by atoms with Gasteiger partial charge in [-0.05, 0) is 66.6 Å². The van der Waals surface area contributed by atoms with Gasteiger partial charge in [0.05, 0.1) is 18.5 Å². The molecule has 1 amide bonds. The number of hydrogen-bond acceptors (Lipinski definition) is 8. The van der Waals surface area contributed by atoms with Gasteiger partial charge in [0, 0.05) is 27.8 Å². The van der Waals surface area contributed by atoms with Crippen molar-refractivity contribution >= 4 is 34.3 Å². The van der Waals surface area contributed by atoms with Gasteiger partial charge in [-0.25, -0.2) is 10.4 Å². The minimum absolute atomic E-state index is 0.311.